The maximum Gasteiger partial charge on any atom is 0.336 e. The number of benzene rings is 2. The third-order valence-corrected chi connectivity index (χ3v) is 4.98. The molecule has 0 unspecified atom stereocenters. The minimum atomic E-state index is -0.735. The zero-order valence-electron chi connectivity index (χ0n) is 18.3. The lowest BCUT2D eigenvalue weighted by atomic mass is 9.83. The van der Waals surface area contributed by atoms with E-state index in [1.807, 2.05) is 24.3 Å². The van der Waals surface area contributed by atoms with Crippen LogP contribution in [0.25, 0.3) is 0 Å². The van der Waals surface area contributed by atoms with Crippen LogP contribution >= 0.6 is 0 Å². The quantitative estimate of drug-likeness (QED) is 0.571. The Hall–Kier alpha value is -3.61. The summed E-state index contributed by atoms with van der Waals surface area (Å²) in [6, 6.07) is 13.2. The van der Waals surface area contributed by atoms with Crippen LogP contribution in [-0.4, -0.2) is 37.2 Å². The number of carbonyl (C=O) groups is 2. The maximum absolute atomic E-state index is 13.5. The molecular weight excluding hydrogens is 413 g/mol. The van der Waals surface area contributed by atoms with E-state index in [0.29, 0.717) is 12.1 Å². The van der Waals surface area contributed by atoms with Gasteiger partial charge in [-0.25, -0.2) is 14.0 Å². The molecule has 7 heteroatoms. The molecule has 0 N–H and O–H groups in total. The highest BCUT2D eigenvalue weighted by Crippen LogP contribution is 2.37. The Morgan fingerprint density at radius 1 is 0.875 bits per heavy atom. The lowest BCUT2D eigenvalue weighted by molar-refractivity contribution is -0.139. The van der Waals surface area contributed by atoms with E-state index in [4.69, 9.17) is 14.2 Å². The molecule has 1 heterocycles. The third kappa shape index (κ3) is 5.35. The summed E-state index contributed by atoms with van der Waals surface area (Å²) in [7, 11) is 1.60. The fraction of sp³-hybridized carbons (Fsp3) is 0.280. The number of ether oxygens (including phenoxy) is 3. The molecule has 0 spiro atoms. The second-order valence-electron chi connectivity index (χ2n) is 7.11. The fourth-order valence-corrected chi connectivity index (χ4v) is 3.53. The number of rotatable bonds is 8. The van der Waals surface area contributed by atoms with Gasteiger partial charge in [-0.15, -0.1) is 0 Å². The second-order valence-corrected chi connectivity index (χ2v) is 7.11. The van der Waals surface area contributed by atoms with Gasteiger partial charge in [0.25, 0.3) is 0 Å². The van der Waals surface area contributed by atoms with E-state index in [1.165, 1.54) is 12.1 Å². The number of halogens is 1. The van der Waals surface area contributed by atoms with Crippen LogP contribution in [0.15, 0.2) is 72.1 Å². The Labute approximate surface area is 186 Å². The highest BCUT2D eigenvalue weighted by Gasteiger charge is 2.35. The van der Waals surface area contributed by atoms with Gasteiger partial charge in [-0.3, -0.25) is 0 Å². The molecule has 1 aliphatic rings. The Bertz CT molecular complexity index is 976. The Kier molecular flexibility index (Phi) is 7.65. The average Bonchev–Trinajstić information content (AvgIpc) is 2.80. The largest absolute Gasteiger partial charge is 0.497 e. The van der Waals surface area contributed by atoms with Crippen molar-refractivity contribution in [3.63, 3.8) is 0 Å². The lowest BCUT2D eigenvalue weighted by Crippen LogP contribution is -2.29. The Morgan fingerprint density at radius 3 is 1.88 bits per heavy atom. The summed E-state index contributed by atoms with van der Waals surface area (Å²) in [5.74, 6) is -1.50. The minimum Gasteiger partial charge on any atom is -0.497 e. The lowest BCUT2D eigenvalue weighted by Gasteiger charge is -2.30. The first-order valence-electron chi connectivity index (χ1n) is 10.4. The summed E-state index contributed by atoms with van der Waals surface area (Å²) in [5, 5.41) is 0. The maximum atomic E-state index is 13.5. The monoisotopic (exact) mass is 439 g/mol. The van der Waals surface area contributed by atoms with Gasteiger partial charge in [0, 0.05) is 18.9 Å². The van der Waals surface area contributed by atoms with Crippen LogP contribution in [0, 0.1) is 5.82 Å². The number of carbonyl (C=O) groups excluding carboxylic acids is 2. The Balaban J connectivity index is 2.04. The van der Waals surface area contributed by atoms with Gasteiger partial charge in [-0.05, 0) is 49.2 Å². The number of methoxy groups -OCH3 is 1. The van der Waals surface area contributed by atoms with Gasteiger partial charge in [0.2, 0.25) is 0 Å². The summed E-state index contributed by atoms with van der Waals surface area (Å²) >= 11 is 0. The smallest absolute Gasteiger partial charge is 0.336 e. The number of esters is 2. The van der Waals surface area contributed by atoms with Crippen molar-refractivity contribution in [2.45, 2.75) is 26.3 Å². The van der Waals surface area contributed by atoms with Crippen LogP contribution in [0.3, 0.4) is 0 Å². The van der Waals surface area contributed by atoms with Crippen molar-refractivity contribution in [2.24, 2.45) is 0 Å². The molecule has 3 rings (SSSR count). The zero-order chi connectivity index (χ0) is 23.1. The molecule has 2 aromatic rings. The van der Waals surface area contributed by atoms with Crippen LogP contribution in [0.5, 0.6) is 5.75 Å². The first-order chi connectivity index (χ1) is 15.5. The summed E-state index contributed by atoms with van der Waals surface area (Å²) in [5.41, 5.74) is 2.09. The van der Waals surface area contributed by atoms with Gasteiger partial charge >= 0.3 is 11.9 Å². The molecule has 0 fully saturated rings. The molecule has 6 nitrogen and oxygen atoms in total. The normalized spacial score (nSPS) is 13.8. The van der Waals surface area contributed by atoms with Crippen molar-refractivity contribution >= 4 is 11.9 Å². The third-order valence-electron chi connectivity index (χ3n) is 4.98. The molecule has 0 aromatic heterocycles. The van der Waals surface area contributed by atoms with Crippen molar-refractivity contribution in [3.8, 4) is 5.75 Å². The minimum absolute atomic E-state index is 0.184. The van der Waals surface area contributed by atoms with Crippen molar-refractivity contribution in [3.05, 3.63) is 89.0 Å². The summed E-state index contributed by atoms with van der Waals surface area (Å²) in [6.07, 6.45) is 3.33. The van der Waals surface area contributed by atoms with E-state index in [2.05, 4.69) is 0 Å². The molecular formula is C25H26FNO5. The highest BCUT2D eigenvalue weighted by atomic mass is 19.1. The molecule has 0 aliphatic carbocycles. The fourth-order valence-electron chi connectivity index (χ4n) is 3.53. The van der Waals surface area contributed by atoms with Gasteiger partial charge in [0.15, 0.2) is 0 Å². The van der Waals surface area contributed by atoms with Crippen LogP contribution in [0.4, 0.5) is 4.39 Å². The van der Waals surface area contributed by atoms with Crippen LogP contribution in [0.1, 0.15) is 30.9 Å². The second kappa shape index (κ2) is 10.6. The molecule has 1 aliphatic heterocycles. The molecule has 0 bridgehead atoms. The van der Waals surface area contributed by atoms with E-state index in [1.54, 1.807) is 50.4 Å². The van der Waals surface area contributed by atoms with Gasteiger partial charge in [0.05, 0.1) is 37.4 Å². The van der Waals surface area contributed by atoms with Gasteiger partial charge < -0.3 is 19.1 Å². The van der Waals surface area contributed by atoms with Gasteiger partial charge in [0.1, 0.15) is 11.6 Å². The van der Waals surface area contributed by atoms with Crippen molar-refractivity contribution in [1.29, 1.82) is 0 Å². The SMILES string of the molecule is CCOC(=O)C1=CN(Cc2ccc(OC)cc2)C=C(C(=O)OCC)C1c1ccc(F)cc1. The molecule has 168 valence electrons. The highest BCUT2D eigenvalue weighted by molar-refractivity contribution is 5.98. The summed E-state index contributed by atoms with van der Waals surface area (Å²) in [4.78, 5) is 27.5. The van der Waals surface area contributed by atoms with Crippen LogP contribution in [-0.2, 0) is 25.6 Å². The van der Waals surface area contributed by atoms with Crippen molar-refractivity contribution < 1.29 is 28.2 Å². The number of hydrogen-bond acceptors (Lipinski definition) is 6. The predicted molar refractivity (Wildman–Crippen MR) is 117 cm³/mol. The molecule has 0 amide bonds. The van der Waals surface area contributed by atoms with Crippen LogP contribution in [0.2, 0.25) is 0 Å². The average molecular weight is 439 g/mol. The zero-order valence-corrected chi connectivity index (χ0v) is 18.3. The molecule has 0 radical (unpaired) electrons. The van der Waals surface area contributed by atoms with Gasteiger partial charge in [-0.2, -0.15) is 0 Å². The molecule has 32 heavy (non-hydrogen) atoms. The predicted octanol–water partition coefficient (Wildman–Crippen LogP) is 4.33. The number of hydrogen-bond donors (Lipinski definition) is 0. The number of nitrogens with zero attached hydrogens (tertiary/aromatic N) is 1. The molecule has 0 saturated carbocycles. The molecule has 0 atom stereocenters. The Morgan fingerprint density at radius 2 is 1.41 bits per heavy atom. The van der Waals surface area contributed by atoms with E-state index in [9.17, 15) is 14.0 Å². The first-order valence-corrected chi connectivity index (χ1v) is 10.4. The summed E-state index contributed by atoms with van der Waals surface area (Å²) < 4.78 is 29.3. The van der Waals surface area contributed by atoms with Crippen molar-refractivity contribution in [1.82, 2.24) is 4.90 Å². The van der Waals surface area contributed by atoms with Gasteiger partial charge in [-0.1, -0.05) is 24.3 Å². The van der Waals surface area contributed by atoms with E-state index < -0.39 is 23.7 Å². The molecule has 0 saturated heterocycles. The van der Waals surface area contributed by atoms with E-state index >= 15 is 0 Å². The van der Waals surface area contributed by atoms with Crippen LogP contribution < -0.4 is 4.74 Å². The van der Waals surface area contributed by atoms with E-state index in [0.717, 1.165) is 11.3 Å². The topological polar surface area (TPSA) is 65.1 Å². The van der Waals surface area contributed by atoms with Crippen molar-refractivity contribution in [2.75, 3.05) is 20.3 Å². The standard InChI is InChI=1S/C25H26FNO5/c1-4-31-24(28)21-15-27(14-17-6-12-20(30-3)13-7-17)16-22(25(29)32-5-2)23(21)18-8-10-19(26)11-9-18/h6-13,15-16,23H,4-5,14H2,1-3H3. The molecule has 2 aromatic carbocycles. The first kappa shape index (κ1) is 23.1. The summed E-state index contributed by atoms with van der Waals surface area (Å²) in [6.45, 7) is 4.20. The van der Waals surface area contributed by atoms with E-state index in [-0.39, 0.29) is 24.4 Å².